The van der Waals surface area contributed by atoms with Gasteiger partial charge in [-0.15, -0.1) is 0 Å². The highest BCUT2D eigenvalue weighted by molar-refractivity contribution is 7.90. The molecular formula is C23H23F3N2O5S. The Hall–Kier alpha value is -2.92. The summed E-state index contributed by atoms with van der Waals surface area (Å²) in [5.74, 6) is -0.973. The minimum absolute atomic E-state index is 0.142. The molecule has 1 aromatic carbocycles. The second-order valence-electron chi connectivity index (χ2n) is 8.25. The van der Waals surface area contributed by atoms with Crippen molar-refractivity contribution in [3.05, 3.63) is 58.9 Å². The molecule has 182 valence electrons. The molecule has 34 heavy (non-hydrogen) atoms. The van der Waals surface area contributed by atoms with E-state index < -0.39 is 28.0 Å². The SMILES string of the molecule is C[C@H](Oc1ccc(S(C)(=O)=O)cc1C(=O)N1Cc2ccc(C3=CCOCC3)nc2C1)C(F)(F)F. The number of alkyl halides is 3. The number of benzene rings is 1. The summed E-state index contributed by atoms with van der Waals surface area (Å²) in [7, 11) is -3.71. The number of carbonyl (C=O) groups excluding carboxylic acids is 1. The second kappa shape index (κ2) is 9.03. The van der Waals surface area contributed by atoms with E-state index in [1.807, 2.05) is 18.2 Å². The van der Waals surface area contributed by atoms with Crippen molar-refractivity contribution in [3.8, 4) is 5.75 Å². The van der Waals surface area contributed by atoms with Crippen molar-refractivity contribution in [2.75, 3.05) is 19.5 Å². The van der Waals surface area contributed by atoms with Crippen molar-refractivity contribution >= 4 is 21.3 Å². The molecule has 3 heterocycles. The van der Waals surface area contributed by atoms with Crippen LogP contribution in [0.1, 0.15) is 40.7 Å². The van der Waals surface area contributed by atoms with E-state index >= 15 is 0 Å². The lowest BCUT2D eigenvalue weighted by Crippen LogP contribution is -2.32. The van der Waals surface area contributed by atoms with Gasteiger partial charge in [-0.25, -0.2) is 8.42 Å². The normalized spacial score (nSPS) is 17.2. The van der Waals surface area contributed by atoms with Crippen LogP contribution in [0.25, 0.3) is 5.57 Å². The molecule has 1 amide bonds. The molecule has 0 N–H and O–H groups in total. The van der Waals surface area contributed by atoms with Crippen LogP contribution in [0.5, 0.6) is 5.75 Å². The third-order valence-electron chi connectivity index (χ3n) is 5.72. The van der Waals surface area contributed by atoms with Gasteiger partial charge in [-0.05, 0) is 48.7 Å². The van der Waals surface area contributed by atoms with Crippen LogP contribution >= 0.6 is 0 Å². The van der Waals surface area contributed by atoms with Gasteiger partial charge in [0.2, 0.25) is 0 Å². The maximum Gasteiger partial charge on any atom is 0.425 e. The molecule has 0 unspecified atom stereocenters. The molecule has 1 atom stereocenters. The maximum atomic E-state index is 13.3. The molecule has 2 aromatic rings. The first-order chi connectivity index (χ1) is 15.9. The number of nitrogens with zero attached hydrogens (tertiary/aromatic N) is 2. The summed E-state index contributed by atoms with van der Waals surface area (Å²) in [6.45, 7) is 2.27. The van der Waals surface area contributed by atoms with E-state index in [1.54, 1.807) is 0 Å². The van der Waals surface area contributed by atoms with Gasteiger partial charge in [-0.3, -0.25) is 9.78 Å². The molecule has 0 aliphatic carbocycles. The van der Waals surface area contributed by atoms with Crippen LogP contribution in [-0.2, 0) is 27.7 Å². The van der Waals surface area contributed by atoms with E-state index in [9.17, 15) is 26.4 Å². The molecule has 2 aliphatic rings. The van der Waals surface area contributed by atoms with Gasteiger partial charge in [0.15, 0.2) is 15.9 Å². The fourth-order valence-corrected chi connectivity index (χ4v) is 4.42. The Kier molecular flexibility index (Phi) is 6.43. The highest BCUT2D eigenvalue weighted by Gasteiger charge is 2.39. The van der Waals surface area contributed by atoms with E-state index in [1.165, 1.54) is 4.90 Å². The highest BCUT2D eigenvalue weighted by Crippen LogP contribution is 2.32. The molecule has 0 spiro atoms. The van der Waals surface area contributed by atoms with Crippen molar-refractivity contribution < 1.29 is 35.9 Å². The molecule has 0 saturated carbocycles. The molecule has 2 aliphatic heterocycles. The number of carbonyl (C=O) groups is 1. The minimum atomic E-state index is -4.65. The Balaban J connectivity index is 1.63. The lowest BCUT2D eigenvalue weighted by molar-refractivity contribution is -0.189. The van der Waals surface area contributed by atoms with Gasteiger partial charge in [0.25, 0.3) is 5.91 Å². The number of amides is 1. The Morgan fingerprint density at radius 3 is 2.62 bits per heavy atom. The second-order valence-corrected chi connectivity index (χ2v) is 10.3. The van der Waals surface area contributed by atoms with Gasteiger partial charge in [0.1, 0.15) is 5.75 Å². The van der Waals surface area contributed by atoms with E-state index in [0.29, 0.717) is 18.9 Å². The summed E-state index contributed by atoms with van der Waals surface area (Å²) in [4.78, 5) is 19.2. The van der Waals surface area contributed by atoms with Crippen LogP contribution in [0.3, 0.4) is 0 Å². The average molecular weight is 497 g/mol. The number of ether oxygens (including phenoxy) is 2. The Morgan fingerprint density at radius 2 is 1.97 bits per heavy atom. The predicted molar refractivity (Wildman–Crippen MR) is 117 cm³/mol. The van der Waals surface area contributed by atoms with Crippen LogP contribution < -0.4 is 4.74 Å². The molecule has 7 nitrogen and oxygen atoms in total. The zero-order chi connectivity index (χ0) is 24.7. The zero-order valence-corrected chi connectivity index (χ0v) is 19.4. The average Bonchev–Trinajstić information content (AvgIpc) is 3.21. The summed E-state index contributed by atoms with van der Waals surface area (Å²) in [5, 5.41) is 0. The van der Waals surface area contributed by atoms with Crippen LogP contribution in [0.4, 0.5) is 13.2 Å². The number of aromatic nitrogens is 1. The Morgan fingerprint density at radius 1 is 1.21 bits per heavy atom. The summed E-state index contributed by atoms with van der Waals surface area (Å²) >= 11 is 0. The third-order valence-corrected chi connectivity index (χ3v) is 6.83. The molecule has 0 fully saturated rings. The van der Waals surface area contributed by atoms with E-state index in [-0.39, 0.29) is 29.3 Å². The topological polar surface area (TPSA) is 85.8 Å². The van der Waals surface area contributed by atoms with Gasteiger partial charge in [-0.1, -0.05) is 12.1 Å². The van der Waals surface area contributed by atoms with Crippen molar-refractivity contribution in [3.63, 3.8) is 0 Å². The number of hydrogen-bond acceptors (Lipinski definition) is 6. The first kappa shape index (κ1) is 24.2. The first-order valence-corrected chi connectivity index (χ1v) is 12.5. The molecule has 4 rings (SSSR count). The molecule has 0 saturated heterocycles. The Bertz CT molecular complexity index is 1260. The number of rotatable bonds is 5. The molecule has 1 aromatic heterocycles. The zero-order valence-electron chi connectivity index (χ0n) is 18.6. The fourth-order valence-electron chi connectivity index (χ4n) is 3.77. The van der Waals surface area contributed by atoms with Gasteiger partial charge in [-0.2, -0.15) is 13.2 Å². The van der Waals surface area contributed by atoms with E-state index in [4.69, 9.17) is 9.47 Å². The molecule has 0 radical (unpaired) electrons. The van der Waals surface area contributed by atoms with Crippen molar-refractivity contribution in [1.82, 2.24) is 9.88 Å². The summed E-state index contributed by atoms with van der Waals surface area (Å²) in [5.41, 5.74) is 3.09. The largest absolute Gasteiger partial charge is 0.480 e. The number of fused-ring (bicyclic) bond motifs is 1. The molecular weight excluding hydrogens is 473 g/mol. The smallest absolute Gasteiger partial charge is 0.425 e. The fraction of sp³-hybridized carbons (Fsp3) is 0.391. The maximum absolute atomic E-state index is 13.3. The van der Waals surface area contributed by atoms with Gasteiger partial charge in [0.05, 0.1) is 41.6 Å². The van der Waals surface area contributed by atoms with E-state index in [0.717, 1.165) is 54.6 Å². The lowest BCUT2D eigenvalue weighted by atomic mass is 10.1. The Labute approximate surface area is 195 Å². The summed E-state index contributed by atoms with van der Waals surface area (Å²) in [6, 6.07) is 7.01. The first-order valence-electron chi connectivity index (χ1n) is 10.6. The monoisotopic (exact) mass is 496 g/mol. The van der Waals surface area contributed by atoms with Gasteiger partial charge < -0.3 is 14.4 Å². The number of hydrogen-bond donors (Lipinski definition) is 0. The van der Waals surface area contributed by atoms with E-state index in [2.05, 4.69) is 4.98 Å². The van der Waals surface area contributed by atoms with Crippen molar-refractivity contribution in [2.24, 2.45) is 0 Å². The number of sulfone groups is 1. The summed E-state index contributed by atoms with van der Waals surface area (Å²) < 4.78 is 73.6. The van der Waals surface area contributed by atoms with Crippen LogP contribution in [0.15, 0.2) is 41.3 Å². The molecule has 11 heteroatoms. The standard InChI is InChI=1S/C23H23F3N2O5S/c1-14(23(24,25)26)33-21-6-4-17(34(2,30)31)11-18(21)22(29)28-12-16-3-5-19(27-20(16)13-28)15-7-9-32-10-8-15/h3-7,11,14H,8-10,12-13H2,1-2H3/t14-/m0/s1. The minimum Gasteiger partial charge on any atom is -0.480 e. The van der Waals surface area contributed by atoms with Crippen LogP contribution in [0.2, 0.25) is 0 Å². The summed E-state index contributed by atoms with van der Waals surface area (Å²) in [6.07, 6.45) is -3.20. The van der Waals surface area contributed by atoms with Crippen molar-refractivity contribution in [1.29, 1.82) is 0 Å². The third kappa shape index (κ3) is 5.10. The lowest BCUT2D eigenvalue weighted by Gasteiger charge is -2.22. The molecule has 0 bridgehead atoms. The van der Waals surface area contributed by atoms with Crippen LogP contribution in [0, 0.1) is 0 Å². The highest BCUT2D eigenvalue weighted by atomic mass is 32.2. The van der Waals surface area contributed by atoms with Gasteiger partial charge in [0, 0.05) is 12.8 Å². The number of halogens is 3. The predicted octanol–water partition coefficient (Wildman–Crippen LogP) is 3.77. The van der Waals surface area contributed by atoms with Crippen LogP contribution in [-0.4, -0.2) is 56.0 Å². The number of pyridine rings is 1. The quantitative estimate of drug-likeness (QED) is 0.627. The van der Waals surface area contributed by atoms with Crippen molar-refractivity contribution in [2.45, 2.75) is 43.6 Å². The van der Waals surface area contributed by atoms with Gasteiger partial charge >= 0.3 is 6.18 Å².